The van der Waals surface area contributed by atoms with Crippen molar-refractivity contribution in [3.63, 3.8) is 0 Å². The predicted octanol–water partition coefficient (Wildman–Crippen LogP) is 7.34. The maximum Gasteiger partial charge on any atom is 0.122 e. The van der Waals surface area contributed by atoms with E-state index < -0.39 is 0 Å². The van der Waals surface area contributed by atoms with Gasteiger partial charge in [0.15, 0.2) is 0 Å². The zero-order valence-electron chi connectivity index (χ0n) is 15.1. The van der Waals surface area contributed by atoms with E-state index >= 15 is 0 Å². The molecule has 0 aromatic carbocycles. The van der Waals surface area contributed by atoms with Gasteiger partial charge in [0.25, 0.3) is 0 Å². The van der Waals surface area contributed by atoms with Gasteiger partial charge >= 0.3 is 0 Å². The second-order valence-corrected chi connectivity index (χ2v) is 6.39. The number of hydrogen-bond acceptors (Lipinski definition) is 2. The first-order valence-electron chi connectivity index (χ1n) is 9.81. The van der Waals surface area contributed by atoms with Gasteiger partial charge in [-0.15, -0.1) is 0 Å². The van der Waals surface area contributed by atoms with Gasteiger partial charge < -0.3 is 4.89 Å². The molecule has 0 aliphatic rings. The Hall–Kier alpha value is -0.500. The molecule has 2 heteroatoms. The minimum absolute atomic E-state index is 0.685. The maximum atomic E-state index is 4.88. The molecule has 0 aromatic heterocycles. The SMILES string of the molecule is C=COOCCCCCCCCCCCCCCCCCC. The van der Waals surface area contributed by atoms with Crippen LogP contribution in [-0.4, -0.2) is 6.61 Å². The summed E-state index contributed by atoms with van der Waals surface area (Å²) in [6.45, 7) is 6.40. The van der Waals surface area contributed by atoms with Crippen molar-refractivity contribution in [2.75, 3.05) is 6.61 Å². The van der Waals surface area contributed by atoms with E-state index in [1.807, 2.05) is 0 Å². The van der Waals surface area contributed by atoms with Crippen molar-refractivity contribution in [3.8, 4) is 0 Å². The summed E-state index contributed by atoms with van der Waals surface area (Å²) in [6.07, 6.45) is 23.6. The van der Waals surface area contributed by atoms with E-state index in [1.54, 1.807) is 0 Å². The molecule has 0 amide bonds. The normalized spacial score (nSPS) is 10.8. The zero-order valence-corrected chi connectivity index (χ0v) is 15.1. The van der Waals surface area contributed by atoms with Crippen LogP contribution in [0.5, 0.6) is 0 Å². The van der Waals surface area contributed by atoms with Crippen LogP contribution in [0.2, 0.25) is 0 Å². The topological polar surface area (TPSA) is 18.5 Å². The van der Waals surface area contributed by atoms with Gasteiger partial charge in [0, 0.05) is 0 Å². The van der Waals surface area contributed by atoms with Crippen molar-refractivity contribution in [1.29, 1.82) is 0 Å². The largest absolute Gasteiger partial charge is 0.346 e. The van der Waals surface area contributed by atoms with Crippen molar-refractivity contribution in [2.45, 2.75) is 110 Å². The highest BCUT2D eigenvalue weighted by atomic mass is 17.2. The molecule has 2 nitrogen and oxygen atoms in total. The van der Waals surface area contributed by atoms with Crippen LogP contribution >= 0.6 is 0 Å². The van der Waals surface area contributed by atoms with Crippen LogP contribution in [0.1, 0.15) is 110 Å². The lowest BCUT2D eigenvalue weighted by molar-refractivity contribution is -0.248. The van der Waals surface area contributed by atoms with E-state index in [0.717, 1.165) is 6.42 Å². The smallest absolute Gasteiger partial charge is 0.122 e. The molecule has 0 bridgehead atoms. The van der Waals surface area contributed by atoms with E-state index in [-0.39, 0.29) is 0 Å². The quantitative estimate of drug-likeness (QED) is 0.107. The lowest BCUT2D eigenvalue weighted by atomic mass is 10.0. The number of hydrogen-bond donors (Lipinski definition) is 0. The van der Waals surface area contributed by atoms with Gasteiger partial charge in [-0.1, -0.05) is 110 Å². The molecule has 0 aromatic rings. The molecule has 0 unspecified atom stereocenters. The Morgan fingerprint density at radius 2 is 0.955 bits per heavy atom. The molecule has 0 spiro atoms. The minimum atomic E-state index is 0.685. The van der Waals surface area contributed by atoms with Crippen molar-refractivity contribution in [3.05, 3.63) is 12.8 Å². The molecule has 22 heavy (non-hydrogen) atoms. The summed E-state index contributed by atoms with van der Waals surface area (Å²) in [4.78, 5) is 9.51. The summed E-state index contributed by atoms with van der Waals surface area (Å²) in [5.41, 5.74) is 0. The average Bonchev–Trinajstić information content (AvgIpc) is 2.54. The van der Waals surface area contributed by atoms with Crippen molar-refractivity contribution in [1.82, 2.24) is 0 Å². The molecule has 0 aliphatic carbocycles. The van der Waals surface area contributed by atoms with Gasteiger partial charge in [-0.05, 0) is 6.42 Å². The molecular formula is C20H40O2. The standard InChI is InChI=1S/C20H40O2/c1-3-5-6-7-8-9-10-11-12-13-14-15-16-17-18-19-20-22-21-4-2/h4H,2-3,5-20H2,1H3. The van der Waals surface area contributed by atoms with E-state index in [2.05, 4.69) is 18.4 Å². The summed E-state index contributed by atoms with van der Waals surface area (Å²) in [5.74, 6) is 0. The van der Waals surface area contributed by atoms with Crippen LogP contribution in [0.4, 0.5) is 0 Å². The summed E-state index contributed by atoms with van der Waals surface area (Å²) < 4.78 is 0. The fourth-order valence-corrected chi connectivity index (χ4v) is 2.81. The molecule has 132 valence electrons. The van der Waals surface area contributed by atoms with E-state index in [0.29, 0.717) is 6.61 Å². The van der Waals surface area contributed by atoms with Crippen LogP contribution in [0, 0.1) is 0 Å². The Bertz CT molecular complexity index is 204. The number of rotatable bonds is 19. The number of unbranched alkanes of at least 4 members (excludes halogenated alkanes) is 15. The second-order valence-electron chi connectivity index (χ2n) is 6.39. The van der Waals surface area contributed by atoms with Gasteiger partial charge in [-0.3, -0.25) is 0 Å². The van der Waals surface area contributed by atoms with Crippen LogP contribution in [0.25, 0.3) is 0 Å². The third-order valence-electron chi connectivity index (χ3n) is 4.22. The Labute approximate surface area is 139 Å². The van der Waals surface area contributed by atoms with Crippen LogP contribution in [-0.2, 0) is 9.78 Å². The van der Waals surface area contributed by atoms with Crippen LogP contribution in [0.15, 0.2) is 12.8 Å². The lowest BCUT2D eigenvalue weighted by Gasteiger charge is -2.03. The molecule has 0 atom stereocenters. The average molecular weight is 313 g/mol. The second kappa shape index (κ2) is 20.5. The fourth-order valence-electron chi connectivity index (χ4n) is 2.81. The highest BCUT2D eigenvalue weighted by Crippen LogP contribution is 2.13. The first-order valence-corrected chi connectivity index (χ1v) is 9.81. The van der Waals surface area contributed by atoms with Gasteiger partial charge in [0.05, 0.1) is 6.61 Å². The predicted molar refractivity (Wildman–Crippen MR) is 96.8 cm³/mol. The maximum absolute atomic E-state index is 4.88. The summed E-state index contributed by atoms with van der Waals surface area (Å²) in [7, 11) is 0. The molecule has 0 aliphatic heterocycles. The van der Waals surface area contributed by atoms with Crippen molar-refractivity contribution in [2.24, 2.45) is 0 Å². The monoisotopic (exact) mass is 312 g/mol. The zero-order chi connectivity index (χ0) is 16.1. The summed E-state index contributed by atoms with van der Waals surface area (Å²) >= 11 is 0. The highest BCUT2D eigenvalue weighted by Gasteiger charge is 1.94. The summed E-state index contributed by atoms with van der Waals surface area (Å²) in [6, 6.07) is 0. The Balaban J connectivity index is 2.92. The fraction of sp³-hybridized carbons (Fsp3) is 0.900. The van der Waals surface area contributed by atoms with Crippen LogP contribution < -0.4 is 0 Å². The van der Waals surface area contributed by atoms with Gasteiger partial charge in [-0.25, -0.2) is 0 Å². The highest BCUT2D eigenvalue weighted by molar-refractivity contribution is 4.50. The third kappa shape index (κ3) is 19.5. The Morgan fingerprint density at radius 1 is 0.591 bits per heavy atom. The lowest BCUT2D eigenvalue weighted by Crippen LogP contribution is -1.91. The molecular weight excluding hydrogens is 272 g/mol. The first-order chi connectivity index (χ1) is 10.9. The molecule has 0 heterocycles. The van der Waals surface area contributed by atoms with Crippen molar-refractivity contribution < 1.29 is 9.78 Å². The first kappa shape index (κ1) is 21.5. The third-order valence-corrected chi connectivity index (χ3v) is 4.22. The molecule has 0 saturated carbocycles. The Morgan fingerprint density at radius 3 is 1.32 bits per heavy atom. The molecule has 0 saturated heterocycles. The van der Waals surface area contributed by atoms with E-state index in [1.165, 1.54) is 103 Å². The molecule has 0 rings (SSSR count). The van der Waals surface area contributed by atoms with Gasteiger partial charge in [-0.2, -0.15) is 4.89 Å². The van der Waals surface area contributed by atoms with Crippen molar-refractivity contribution >= 4 is 0 Å². The van der Waals surface area contributed by atoms with E-state index in [9.17, 15) is 0 Å². The molecule has 0 N–H and O–H groups in total. The van der Waals surface area contributed by atoms with Gasteiger partial charge in [0.2, 0.25) is 0 Å². The van der Waals surface area contributed by atoms with Crippen LogP contribution in [0.3, 0.4) is 0 Å². The molecule has 0 radical (unpaired) electrons. The summed E-state index contributed by atoms with van der Waals surface area (Å²) in [5, 5.41) is 0. The molecule has 0 fully saturated rings. The van der Waals surface area contributed by atoms with Gasteiger partial charge in [0.1, 0.15) is 6.26 Å². The Kier molecular flexibility index (Phi) is 20.0. The van der Waals surface area contributed by atoms with E-state index in [4.69, 9.17) is 4.89 Å². The minimum Gasteiger partial charge on any atom is -0.346 e.